The quantitative estimate of drug-likeness (QED) is 0.846. The van der Waals surface area contributed by atoms with Gasteiger partial charge < -0.3 is 20.0 Å². The molecule has 2 heterocycles. The highest BCUT2D eigenvalue weighted by Gasteiger charge is 2.30. The fourth-order valence-electron chi connectivity index (χ4n) is 4.11. The van der Waals surface area contributed by atoms with Crippen LogP contribution >= 0.6 is 0 Å². The van der Waals surface area contributed by atoms with Crippen LogP contribution in [0.15, 0.2) is 24.3 Å². The molecular weight excluding hydrogens is 352 g/mol. The fraction of sp³-hybridized carbons (Fsp3) is 0.636. The predicted octanol–water partition coefficient (Wildman–Crippen LogP) is 2.58. The second kappa shape index (κ2) is 9.41. The van der Waals surface area contributed by atoms with Crippen molar-refractivity contribution in [3.05, 3.63) is 35.4 Å². The Morgan fingerprint density at radius 2 is 1.71 bits per heavy atom. The summed E-state index contributed by atoms with van der Waals surface area (Å²) in [4.78, 5) is 31.4. The molecule has 6 nitrogen and oxygen atoms in total. The number of piperidine rings is 1. The van der Waals surface area contributed by atoms with Crippen molar-refractivity contribution in [2.75, 3.05) is 46.3 Å². The Balaban J connectivity index is 1.42. The molecule has 2 aliphatic heterocycles. The summed E-state index contributed by atoms with van der Waals surface area (Å²) in [6.45, 7) is 9.37. The Hall–Kier alpha value is -2.08. The van der Waals surface area contributed by atoms with E-state index in [1.807, 2.05) is 41.0 Å². The summed E-state index contributed by atoms with van der Waals surface area (Å²) >= 11 is 0. The number of hydrogen-bond donors (Lipinski definition) is 1. The maximum atomic E-state index is 12.6. The summed E-state index contributed by atoms with van der Waals surface area (Å²) in [7, 11) is 2.13. The number of rotatable bonds is 5. The van der Waals surface area contributed by atoms with Crippen LogP contribution in [0.1, 0.15) is 42.1 Å². The van der Waals surface area contributed by atoms with Crippen LogP contribution in [-0.4, -0.2) is 79.0 Å². The van der Waals surface area contributed by atoms with E-state index in [0.29, 0.717) is 19.0 Å². The van der Waals surface area contributed by atoms with Crippen molar-refractivity contribution in [3.63, 3.8) is 0 Å². The Labute approximate surface area is 168 Å². The van der Waals surface area contributed by atoms with Gasteiger partial charge in [-0.2, -0.15) is 0 Å². The molecule has 28 heavy (non-hydrogen) atoms. The highest BCUT2D eigenvalue weighted by molar-refractivity contribution is 5.94. The minimum Gasteiger partial charge on any atom is -0.338 e. The zero-order chi connectivity index (χ0) is 20.1. The molecule has 2 aliphatic rings. The van der Waals surface area contributed by atoms with Gasteiger partial charge in [-0.15, -0.1) is 0 Å². The van der Waals surface area contributed by atoms with Gasteiger partial charge in [0.2, 0.25) is 0 Å². The predicted molar refractivity (Wildman–Crippen MR) is 111 cm³/mol. The average Bonchev–Trinajstić information content (AvgIpc) is 3.17. The van der Waals surface area contributed by atoms with Gasteiger partial charge in [0.15, 0.2) is 0 Å². The summed E-state index contributed by atoms with van der Waals surface area (Å²) in [5, 5.41) is 3.19. The first-order chi connectivity index (χ1) is 13.5. The van der Waals surface area contributed by atoms with Crippen molar-refractivity contribution in [3.8, 4) is 0 Å². The third kappa shape index (κ3) is 5.25. The van der Waals surface area contributed by atoms with E-state index >= 15 is 0 Å². The third-order valence-electron chi connectivity index (χ3n) is 6.09. The summed E-state index contributed by atoms with van der Waals surface area (Å²) in [6, 6.07) is 7.96. The number of carbonyl (C=O) groups is 2. The van der Waals surface area contributed by atoms with Crippen molar-refractivity contribution in [2.45, 2.75) is 39.2 Å². The summed E-state index contributed by atoms with van der Waals surface area (Å²) in [6.07, 6.45) is 2.72. The van der Waals surface area contributed by atoms with Crippen molar-refractivity contribution >= 4 is 11.9 Å². The van der Waals surface area contributed by atoms with Crippen LogP contribution < -0.4 is 5.32 Å². The zero-order valence-electron chi connectivity index (χ0n) is 17.5. The van der Waals surface area contributed by atoms with E-state index in [1.54, 1.807) is 0 Å². The average molecular weight is 387 g/mol. The molecule has 0 aromatic heterocycles. The molecule has 1 atom stereocenters. The highest BCUT2D eigenvalue weighted by Crippen LogP contribution is 2.19. The smallest absolute Gasteiger partial charge is 0.317 e. The highest BCUT2D eigenvalue weighted by atomic mass is 16.2. The molecule has 2 saturated heterocycles. The SMILES string of the molecule is CCN(C)CC1CCN(C(=O)NC2CCN(C(=O)c3ccc(C)cc3)CC2)C1. The van der Waals surface area contributed by atoms with E-state index in [1.165, 1.54) is 0 Å². The lowest BCUT2D eigenvalue weighted by atomic mass is 10.0. The molecule has 0 radical (unpaired) electrons. The molecule has 0 bridgehead atoms. The molecule has 3 amide bonds. The molecule has 0 spiro atoms. The summed E-state index contributed by atoms with van der Waals surface area (Å²) in [5.41, 5.74) is 1.90. The molecule has 0 aliphatic carbocycles. The summed E-state index contributed by atoms with van der Waals surface area (Å²) < 4.78 is 0. The molecule has 154 valence electrons. The number of aryl methyl sites for hydroxylation is 1. The molecular formula is C22H34N4O2. The first kappa shape index (κ1) is 20.6. The maximum Gasteiger partial charge on any atom is 0.317 e. The van der Waals surface area contributed by atoms with Crippen LogP contribution in [0.3, 0.4) is 0 Å². The van der Waals surface area contributed by atoms with Crippen LogP contribution in [0.5, 0.6) is 0 Å². The van der Waals surface area contributed by atoms with Gasteiger partial charge in [0, 0.05) is 44.3 Å². The Morgan fingerprint density at radius 1 is 1.07 bits per heavy atom. The van der Waals surface area contributed by atoms with E-state index in [0.717, 1.165) is 56.6 Å². The van der Waals surface area contributed by atoms with Crippen LogP contribution in [0, 0.1) is 12.8 Å². The number of nitrogens with zero attached hydrogens (tertiary/aromatic N) is 3. The topological polar surface area (TPSA) is 55.9 Å². The van der Waals surface area contributed by atoms with Crippen LogP contribution in [0.25, 0.3) is 0 Å². The lowest BCUT2D eigenvalue weighted by Gasteiger charge is -2.33. The standard InChI is InChI=1S/C22H34N4O2/c1-4-24(3)15-18-9-12-26(16-18)22(28)23-20-10-13-25(14-11-20)21(27)19-7-5-17(2)6-8-19/h5-8,18,20H,4,9-16H2,1-3H3,(H,23,28). The molecule has 1 unspecified atom stereocenters. The first-order valence-corrected chi connectivity index (χ1v) is 10.6. The number of carbonyl (C=O) groups excluding carboxylic acids is 2. The van der Waals surface area contributed by atoms with Gasteiger partial charge in [-0.1, -0.05) is 24.6 Å². The number of urea groups is 1. The number of benzene rings is 1. The Kier molecular flexibility index (Phi) is 6.94. The second-order valence-electron chi connectivity index (χ2n) is 8.34. The van der Waals surface area contributed by atoms with E-state index < -0.39 is 0 Å². The number of hydrogen-bond acceptors (Lipinski definition) is 3. The first-order valence-electron chi connectivity index (χ1n) is 10.6. The van der Waals surface area contributed by atoms with E-state index in [4.69, 9.17) is 0 Å². The van der Waals surface area contributed by atoms with Gasteiger partial charge >= 0.3 is 6.03 Å². The third-order valence-corrected chi connectivity index (χ3v) is 6.09. The van der Waals surface area contributed by atoms with Crippen LogP contribution in [-0.2, 0) is 0 Å². The largest absolute Gasteiger partial charge is 0.338 e. The second-order valence-corrected chi connectivity index (χ2v) is 8.34. The molecule has 6 heteroatoms. The van der Waals surface area contributed by atoms with Gasteiger partial charge in [0.05, 0.1) is 0 Å². The monoisotopic (exact) mass is 386 g/mol. The minimum atomic E-state index is 0.0602. The van der Waals surface area contributed by atoms with Crippen molar-refractivity contribution in [1.82, 2.24) is 20.0 Å². The Morgan fingerprint density at radius 3 is 2.36 bits per heavy atom. The molecule has 1 aromatic rings. The van der Waals surface area contributed by atoms with Crippen molar-refractivity contribution in [1.29, 1.82) is 0 Å². The fourth-order valence-corrected chi connectivity index (χ4v) is 4.11. The van der Waals surface area contributed by atoms with E-state index in [-0.39, 0.29) is 18.0 Å². The number of nitrogens with one attached hydrogen (secondary N) is 1. The van der Waals surface area contributed by atoms with Crippen molar-refractivity contribution < 1.29 is 9.59 Å². The molecule has 2 fully saturated rings. The molecule has 1 aromatic carbocycles. The van der Waals surface area contributed by atoms with Crippen LogP contribution in [0.2, 0.25) is 0 Å². The number of likely N-dealkylation sites (tertiary alicyclic amines) is 2. The van der Waals surface area contributed by atoms with Gasteiger partial charge in [0.1, 0.15) is 0 Å². The van der Waals surface area contributed by atoms with Gasteiger partial charge in [-0.25, -0.2) is 4.79 Å². The van der Waals surface area contributed by atoms with Gasteiger partial charge in [-0.3, -0.25) is 4.79 Å². The lowest BCUT2D eigenvalue weighted by molar-refractivity contribution is 0.0706. The van der Waals surface area contributed by atoms with Gasteiger partial charge in [-0.05, 0) is 57.8 Å². The Bertz CT molecular complexity index is 668. The van der Waals surface area contributed by atoms with E-state index in [9.17, 15) is 9.59 Å². The van der Waals surface area contributed by atoms with Crippen LogP contribution in [0.4, 0.5) is 4.79 Å². The van der Waals surface area contributed by atoms with E-state index in [2.05, 4.69) is 24.2 Å². The lowest BCUT2D eigenvalue weighted by Crippen LogP contribution is -2.49. The summed E-state index contributed by atoms with van der Waals surface area (Å²) in [5.74, 6) is 0.664. The number of amides is 3. The molecule has 0 saturated carbocycles. The van der Waals surface area contributed by atoms with Gasteiger partial charge in [0.25, 0.3) is 5.91 Å². The molecule has 1 N–H and O–H groups in total. The van der Waals surface area contributed by atoms with Crippen molar-refractivity contribution in [2.24, 2.45) is 5.92 Å². The molecule has 3 rings (SSSR count). The zero-order valence-corrected chi connectivity index (χ0v) is 17.5. The normalized spacial score (nSPS) is 20.6. The maximum absolute atomic E-state index is 12.6. The minimum absolute atomic E-state index is 0.0602.